The molecule has 3 aromatic rings. The second-order valence-corrected chi connectivity index (χ2v) is 8.54. The van der Waals surface area contributed by atoms with Crippen LogP contribution in [0.25, 0.3) is 0 Å². The molecule has 0 heterocycles. The molecule has 0 aliphatic carbocycles. The van der Waals surface area contributed by atoms with Gasteiger partial charge in [-0.2, -0.15) is 0 Å². The number of esters is 3. The Morgan fingerprint density at radius 3 is 1.40 bits per heavy atom. The summed E-state index contributed by atoms with van der Waals surface area (Å²) in [5.74, 6) is -2.68. The molecule has 2 amide bonds. The summed E-state index contributed by atoms with van der Waals surface area (Å²) in [5, 5.41) is 4.86. The molecular formula is C30H30N2O10. The van der Waals surface area contributed by atoms with Gasteiger partial charge in [0.05, 0.1) is 31.8 Å². The Morgan fingerprint density at radius 2 is 0.929 bits per heavy atom. The van der Waals surface area contributed by atoms with Crippen molar-refractivity contribution in [3.63, 3.8) is 0 Å². The predicted molar refractivity (Wildman–Crippen MR) is 148 cm³/mol. The Bertz CT molecular complexity index is 1300. The summed E-state index contributed by atoms with van der Waals surface area (Å²) in [5.41, 5.74) is 0. The van der Waals surface area contributed by atoms with Crippen molar-refractivity contribution in [1.29, 1.82) is 0 Å². The highest BCUT2D eigenvalue weighted by molar-refractivity contribution is 5.85. The van der Waals surface area contributed by atoms with Crippen LogP contribution in [0.5, 0.6) is 17.2 Å². The Hall–Kier alpha value is -5.39. The zero-order chi connectivity index (χ0) is 30.0. The molecule has 0 fully saturated rings. The molecule has 3 aromatic carbocycles. The normalized spacial score (nSPS) is 10.9. The molecule has 12 heteroatoms. The average molecular weight is 579 g/mol. The van der Waals surface area contributed by atoms with Crippen LogP contribution >= 0.6 is 0 Å². The quantitative estimate of drug-likeness (QED) is 0.164. The number of hydrogen-bond acceptors (Lipinski definition) is 10. The van der Waals surface area contributed by atoms with Crippen LogP contribution in [0.4, 0.5) is 9.59 Å². The van der Waals surface area contributed by atoms with Crippen LogP contribution in [-0.4, -0.2) is 56.4 Å². The van der Waals surface area contributed by atoms with E-state index in [9.17, 15) is 24.0 Å². The number of carbonyl (C=O) groups is 5. The summed E-state index contributed by atoms with van der Waals surface area (Å²) in [7, 11) is 0. The van der Waals surface area contributed by atoms with Gasteiger partial charge in [0.2, 0.25) is 0 Å². The number of para-hydroxylation sites is 3. The molecule has 220 valence electrons. The highest BCUT2D eigenvalue weighted by atomic mass is 16.6. The molecule has 0 radical (unpaired) electrons. The van der Waals surface area contributed by atoms with Crippen molar-refractivity contribution in [2.75, 3.05) is 26.3 Å². The van der Waals surface area contributed by atoms with Crippen LogP contribution in [0.3, 0.4) is 0 Å². The molecule has 1 unspecified atom stereocenters. The van der Waals surface area contributed by atoms with E-state index in [0.717, 1.165) is 0 Å². The molecule has 0 bridgehead atoms. The topological polar surface area (TPSA) is 156 Å². The number of rotatable bonds is 14. The molecule has 0 aromatic heterocycles. The van der Waals surface area contributed by atoms with Gasteiger partial charge in [0.25, 0.3) is 0 Å². The first kappa shape index (κ1) is 31.1. The van der Waals surface area contributed by atoms with Gasteiger partial charge >= 0.3 is 30.1 Å². The fourth-order valence-electron chi connectivity index (χ4n) is 3.37. The monoisotopic (exact) mass is 578 g/mol. The van der Waals surface area contributed by atoms with Crippen molar-refractivity contribution in [2.45, 2.75) is 12.8 Å². The second kappa shape index (κ2) is 17.3. The van der Waals surface area contributed by atoms with Gasteiger partial charge in [0.1, 0.15) is 30.5 Å². The Morgan fingerprint density at radius 1 is 0.524 bits per heavy atom. The SMILES string of the molecule is O=C(CC(CC(=O)Oc1ccccc1)C(=O)OCCNC(=O)Oc1ccccc1)OCCNC(=O)Oc1ccccc1. The second-order valence-electron chi connectivity index (χ2n) is 8.54. The van der Waals surface area contributed by atoms with Crippen molar-refractivity contribution in [3.8, 4) is 17.2 Å². The minimum Gasteiger partial charge on any atom is -0.464 e. The van der Waals surface area contributed by atoms with Crippen molar-refractivity contribution in [1.82, 2.24) is 10.6 Å². The summed E-state index contributed by atoms with van der Waals surface area (Å²) in [4.78, 5) is 61.4. The highest BCUT2D eigenvalue weighted by Gasteiger charge is 2.28. The Balaban J connectivity index is 1.44. The maximum Gasteiger partial charge on any atom is 0.412 e. The third kappa shape index (κ3) is 12.2. The maximum absolute atomic E-state index is 12.7. The van der Waals surface area contributed by atoms with Crippen molar-refractivity contribution in [3.05, 3.63) is 91.0 Å². The van der Waals surface area contributed by atoms with Crippen LogP contribution in [-0.2, 0) is 23.9 Å². The van der Waals surface area contributed by atoms with Crippen molar-refractivity contribution >= 4 is 30.1 Å². The molecule has 12 nitrogen and oxygen atoms in total. The van der Waals surface area contributed by atoms with E-state index < -0.39 is 48.9 Å². The van der Waals surface area contributed by atoms with Crippen LogP contribution in [0.2, 0.25) is 0 Å². The van der Waals surface area contributed by atoms with E-state index in [1.54, 1.807) is 91.0 Å². The lowest BCUT2D eigenvalue weighted by Gasteiger charge is -2.15. The number of amides is 2. The summed E-state index contributed by atoms with van der Waals surface area (Å²) in [6.45, 7) is -0.567. The van der Waals surface area contributed by atoms with Crippen LogP contribution in [0.1, 0.15) is 12.8 Å². The summed E-state index contributed by atoms with van der Waals surface area (Å²) in [6.07, 6.45) is -2.43. The van der Waals surface area contributed by atoms with E-state index in [2.05, 4.69) is 10.6 Å². The van der Waals surface area contributed by atoms with E-state index in [1.165, 1.54) is 0 Å². The minimum absolute atomic E-state index is 0.0483. The fraction of sp³-hybridized carbons (Fsp3) is 0.233. The smallest absolute Gasteiger partial charge is 0.412 e. The van der Waals surface area contributed by atoms with Gasteiger partial charge in [0.15, 0.2) is 0 Å². The fourth-order valence-corrected chi connectivity index (χ4v) is 3.37. The molecule has 1 atom stereocenters. The molecule has 3 rings (SSSR count). The third-order valence-corrected chi connectivity index (χ3v) is 5.29. The highest BCUT2D eigenvalue weighted by Crippen LogP contribution is 2.16. The van der Waals surface area contributed by atoms with E-state index in [4.69, 9.17) is 23.7 Å². The zero-order valence-electron chi connectivity index (χ0n) is 22.6. The largest absolute Gasteiger partial charge is 0.464 e. The van der Waals surface area contributed by atoms with Gasteiger partial charge in [-0.25, -0.2) is 9.59 Å². The first-order valence-corrected chi connectivity index (χ1v) is 13.0. The van der Waals surface area contributed by atoms with Crippen molar-refractivity contribution in [2.24, 2.45) is 5.92 Å². The molecule has 0 aliphatic heterocycles. The van der Waals surface area contributed by atoms with Crippen LogP contribution in [0.15, 0.2) is 91.0 Å². The van der Waals surface area contributed by atoms with Gasteiger partial charge in [-0.1, -0.05) is 54.6 Å². The van der Waals surface area contributed by atoms with Gasteiger partial charge in [0, 0.05) is 0 Å². The third-order valence-electron chi connectivity index (χ3n) is 5.29. The molecule has 0 spiro atoms. The van der Waals surface area contributed by atoms with Crippen LogP contribution < -0.4 is 24.8 Å². The average Bonchev–Trinajstić information content (AvgIpc) is 2.98. The van der Waals surface area contributed by atoms with E-state index in [0.29, 0.717) is 11.5 Å². The van der Waals surface area contributed by atoms with E-state index in [-0.39, 0.29) is 32.1 Å². The Labute approximate surface area is 241 Å². The number of benzene rings is 3. The predicted octanol–water partition coefficient (Wildman–Crippen LogP) is 3.65. The van der Waals surface area contributed by atoms with Crippen LogP contribution in [0, 0.1) is 5.92 Å². The lowest BCUT2D eigenvalue weighted by atomic mass is 10.0. The molecule has 0 saturated carbocycles. The van der Waals surface area contributed by atoms with Gasteiger partial charge in [-0.05, 0) is 36.4 Å². The molecule has 0 aliphatic rings. The summed E-state index contributed by atoms with van der Waals surface area (Å²) in [6, 6.07) is 25.0. The van der Waals surface area contributed by atoms with Gasteiger partial charge in [-0.15, -0.1) is 0 Å². The maximum atomic E-state index is 12.7. The lowest BCUT2D eigenvalue weighted by molar-refractivity contribution is -0.157. The molecule has 0 saturated heterocycles. The summed E-state index contributed by atoms with van der Waals surface area (Å²) >= 11 is 0. The summed E-state index contributed by atoms with van der Waals surface area (Å²) < 4.78 is 25.6. The zero-order valence-corrected chi connectivity index (χ0v) is 22.6. The molecule has 2 N–H and O–H groups in total. The number of ether oxygens (including phenoxy) is 5. The number of nitrogens with one attached hydrogen (secondary N) is 2. The number of hydrogen-bond donors (Lipinski definition) is 2. The first-order chi connectivity index (χ1) is 20.4. The first-order valence-electron chi connectivity index (χ1n) is 13.0. The van der Waals surface area contributed by atoms with Crippen molar-refractivity contribution < 1.29 is 47.7 Å². The molecule has 42 heavy (non-hydrogen) atoms. The standard InChI is InChI=1S/C30H30N2O10/c33-26(38-18-16-31-29(36)41-24-12-6-2-7-13-24)20-22(21-27(34)40-23-10-4-1-5-11-23)28(35)39-19-17-32-30(37)42-25-14-8-3-9-15-25/h1-15,22H,16-21H2,(H,31,36)(H,32,37). The molecular weight excluding hydrogens is 548 g/mol. The Kier molecular flexibility index (Phi) is 12.9. The minimum atomic E-state index is -1.22. The van der Waals surface area contributed by atoms with E-state index >= 15 is 0 Å². The van der Waals surface area contributed by atoms with E-state index in [1.807, 2.05) is 0 Å². The number of carbonyl (C=O) groups excluding carboxylic acids is 5. The lowest BCUT2D eigenvalue weighted by Crippen LogP contribution is -2.33. The van der Waals surface area contributed by atoms with Gasteiger partial charge < -0.3 is 34.3 Å². The van der Waals surface area contributed by atoms with Gasteiger partial charge in [-0.3, -0.25) is 14.4 Å².